The SMILES string of the molecule is C=C/C(=C(\C)F)c1cc(C(=O)N[C@H](C)/C(=N/C)ON)c[n+](O)c1. The van der Waals surface area contributed by atoms with Gasteiger partial charge in [0, 0.05) is 17.4 Å². The molecule has 0 saturated heterocycles. The van der Waals surface area contributed by atoms with Crippen LogP contribution in [-0.2, 0) is 4.84 Å². The van der Waals surface area contributed by atoms with E-state index in [1.807, 2.05) is 0 Å². The summed E-state index contributed by atoms with van der Waals surface area (Å²) < 4.78 is 14.2. The summed E-state index contributed by atoms with van der Waals surface area (Å²) in [6.45, 7) is 6.41. The molecule has 124 valence electrons. The van der Waals surface area contributed by atoms with Crippen molar-refractivity contribution in [2.75, 3.05) is 7.05 Å². The number of nitrogens with zero attached hydrogens (tertiary/aromatic N) is 2. The van der Waals surface area contributed by atoms with Crippen LogP contribution in [0.1, 0.15) is 29.8 Å². The number of carbonyl (C=O) groups is 1. The van der Waals surface area contributed by atoms with Gasteiger partial charge >= 0.3 is 0 Å². The Labute approximate surface area is 133 Å². The molecule has 7 nitrogen and oxygen atoms in total. The van der Waals surface area contributed by atoms with E-state index < -0.39 is 17.8 Å². The highest BCUT2D eigenvalue weighted by Crippen LogP contribution is 2.20. The summed E-state index contributed by atoms with van der Waals surface area (Å²) in [5.74, 6) is 4.19. The molecule has 0 aromatic carbocycles. The van der Waals surface area contributed by atoms with Crippen molar-refractivity contribution in [2.45, 2.75) is 19.9 Å². The fourth-order valence-corrected chi connectivity index (χ4v) is 1.98. The van der Waals surface area contributed by atoms with Crippen molar-refractivity contribution in [3.8, 4) is 0 Å². The second kappa shape index (κ2) is 8.04. The molecule has 0 fully saturated rings. The van der Waals surface area contributed by atoms with Crippen LogP contribution in [0.25, 0.3) is 5.57 Å². The van der Waals surface area contributed by atoms with Crippen LogP contribution < -0.4 is 15.9 Å². The number of aliphatic imine (C=N–C) groups is 1. The number of nitrogens with two attached hydrogens (primary N) is 1. The molecule has 1 rings (SSSR count). The van der Waals surface area contributed by atoms with Crippen LogP contribution in [0, 0.1) is 0 Å². The molecule has 0 saturated carbocycles. The van der Waals surface area contributed by atoms with Gasteiger partial charge in [-0.15, -0.1) is 0 Å². The van der Waals surface area contributed by atoms with Crippen molar-refractivity contribution < 1.29 is 24.0 Å². The number of carbonyl (C=O) groups excluding carboxylic acids is 1. The van der Waals surface area contributed by atoms with Gasteiger partial charge < -0.3 is 10.2 Å². The molecule has 1 amide bonds. The maximum absolute atomic E-state index is 13.5. The molecule has 0 aliphatic rings. The Hall–Kier alpha value is -2.74. The molecule has 8 heteroatoms. The lowest BCUT2D eigenvalue weighted by molar-refractivity contribution is -0.905. The van der Waals surface area contributed by atoms with E-state index in [0.29, 0.717) is 10.3 Å². The highest BCUT2D eigenvalue weighted by Gasteiger charge is 2.20. The minimum Gasteiger partial charge on any atom is -0.394 e. The third-order valence-electron chi connectivity index (χ3n) is 3.06. The van der Waals surface area contributed by atoms with Crippen LogP contribution >= 0.6 is 0 Å². The van der Waals surface area contributed by atoms with Crippen molar-refractivity contribution in [3.63, 3.8) is 0 Å². The summed E-state index contributed by atoms with van der Waals surface area (Å²) in [5.41, 5.74) is 0.601. The number of aromatic nitrogens is 1. The second-order valence-electron chi connectivity index (χ2n) is 4.72. The number of halogens is 1. The molecular formula is C15H20FN4O3+. The molecule has 1 atom stereocenters. The zero-order valence-electron chi connectivity index (χ0n) is 13.2. The Kier molecular flexibility index (Phi) is 6.40. The zero-order chi connectivity index (χ0) is 17.6. The predicted octanol–water partition coefficient (Wildman–Crippen LogP) is 1.13. The monoisotopic (exact) mass is 323 g/mol. The molecule has 23 heavy (non-hydrogen) atoms. The van der Waals surface area contributed by atoms with Gasteiger partial charge in [0.15, 0.2) is 0 Å². The van der Waals surface area contributed by atoms with Gasteiger partial charge in [0.25, 0.3) is 5.91 Å². The average molecular weight is 323 g/mol. The van der Waals surface area contributed by atoms with Gasteiger partial charge in [0.2, 0.25) is 18.3 Å². The number of hydrogen-bond acceptors (Lipinski definition) is 5. The minimum atomic E-state index is -0.578. The molecule has 0 aliphatic carbocycles. The maximum atomic E-state index is 13.5. The number of allylic oxidation sites excluding steroid dienone is 3. The highest BCUT2D eigenvalue weighted by molar-refractivity contribution is 5.97. The minimum absolute atomic E-state index is 0.116. The quantitative estimate of drug-likeness (QED) is 0.189. The number of rotatable bonds is 5. The molecular weight excluding hydrogens is 303 g/mol. The number of pyridine rings is 1. The van der Waals surface area contributed by atoms with E-state index in [4.69, 9.17) is 5.90 Å². The van der Waals surface area contributed by atoms with Gasteiger partial charge in [-0.1, -0.05) is 12.7 Å². The molecule has 0 bridgehead atoms. The van der Waals surface area contributed by atoms with Gasteiger partial charge in [-0.3, -0.25) is 15.0 Å². The van der Waals surface area contributed by atoms with Gasteiger partial charge in [-0.2, -0.15) is 5.90 Å². The van der Waals surface area contributed by atoms with Crippen molar-refractivity contribution in [2.24, 2.45) is 10.9 Å². The van der Waals surface area contributed by atoms with E-state index in [-0.39, 0.29) is 17.0 Å². The Morgan fingerprint density at radius 2 is 2.17 bits per heavy atom. The van der Waals surface area contributed by atoms with Crippen molar-refractivity contribution in [3.05, 3.63) is 48.1 Å². The van der Waals surface area contributed by atoms with Crippen LogP contribution in [0.15, 0.2) is 41.9 Å². The summed E-state index contributed by atoms with van der Waals surface area (Å²) >= 11 is 0. The Morgan fingerprint density at radius 1 is 1.57 bits per heavy atom. The lowest BCUT2D eigenvalue weighted by atomic mass is 10.1. The van der Waals surface area contributed by atoms with Crippen LogP contribution in [0.5, 0.6) is 0 Å². The number of amides is 1. The summed E-state index contributed by atoms with van der Waals surface area (Å²) in [6, 6.07) is 0.853. The summed E-state index contributed by atoms with van der Waals surface area (Å²) in [4.78, 5) is 20.6. The maximum Gasteiger partial charge on any atom is 0.258 e. The summed E-state index contributed by atoms with van der Waals surface area (Å²) in [6.07, 6.45) is 3.76. The second-order valence-corrected chi connectivity index (χ2v) is 4.72. The van der Waals surface area contributed by atoms with Crippen LogP contribution in [-0.4, -0.2) is 30.1 Å². The third-order valence-corrected chi connectivity index (χ3v) is 3.06. The van der Waals surface area contributed by atoms with E-state index in [1.54, 1.807) is 6.92 Å². The van der Waals surface area contributed by atoms with Gasteiger partial charge in [0.05, 0.1) is 5.56 Å². The topological polar surface area (TPSA) is 101 Å². The first-order valence-electron chi connectivity index (χ1n) is 6.73. The fourth-order valence-electron chi connectivity index (χ4n) is 1.98. The van der Waals surface area contributed by atoms with E-state index in [0.717, 1.165) is 0 Å². The first-order chi connectivity index (χ1) is 10.8. The molecule has 1 aromatic rings. The number of nitrogens with one attached hydrogen (secondary N) is 1. The molecule has 0 aliphatic heterocycles. The number of hydrogen-bond donors (Lipinski definition) is 3. The first-order valence-corrected chi connectivity index (χ1v) is 6.73. The van der Waals surface area contributed by atoms with Crippen molar-refractivity contribution in [1.82, 2.24) is 5.32 Å². The van der Waals surface area contributed by atoms with E-state index in [2.05, 4.69) is 21.7 Å². The molecule has 1 heterocycles. The zero-order valence-corrected chi connectivity index (χ0v) is 13.2. The predicted molar refractivity (Wildman–Crippen MR) is 83.3 cm³/mol. The van der Waals surface area contributed by atoms with Crippen LogP contribution in [0.4, 0.5) is 4.39 Å². The van der Waals surface area contributed by atoms with Gasteiger partial charge in [-0.25, -0.2) is 4.39 Å². The van der Waals surface area contributed by atoms with Crippen molar-refractivity contribution in [1.29, 1.82) is 0 Å². The summed E-state index contributed by atoms with van der Waals surface area (Å²) in [7, 11) is 1.47. The van der Waals surface area contributed by atoms with Crippen LogP contribution in [0.3, 0.4) is 0 Å². The lowest BCUT2D eigenvalue weighted by Gasteiger charge is -2.13. The standard InChI is InChI=1S/C15H19FN4O3/c1-5-13(9(2)16)11-6-12(8-20(22)7-11)14(21)19-10(3)15(18-4)23-17/h5-8,10H,1,17H2,2-4H3,(H-,19,21,22)/p+1/b13-9-,18-15-/t10-/m1/s1. The molecule has 0 unspecified atom stereocenters. The van der Waals surface area contributed by atoms with Gasteiger partial charge in [0.1, 0.15) is 17.4 Å². The highest BCUT2D eigenvalue weighted by atomic mass is 19.1. The average Bonchev–Trinajstić information content (AvgIpc) is 2.48. The Bertz CT molecular complexity index is 667. The Balaban J connectivity index is 3.14. The van der Waals surface area contributed by atoms with Gasteiger partial charge in [-0.05, 0) is 19.9 Å². The van der Waals surface area contributed by atoms with Crippen LogP contribution in [0.2, 0.25) is 0 Å². The first kappa shape index (κ1) is 18.3. The largest absolute Gasteiger partial charge is 0.394 e. The van der Waals surface area contributed by atoms with E-state index in [1.165, 1.54) is 38.5 Å². The molecule has 0 radical (unpaired) electrons. The third kappa shape index (κ3) is 4.62. The summed E-state index contributed by atoms with van der Waals surface area (Å²) in [5, 5.41) is 12.3. The smallest absolute Gasteiger partial charge is 0.258 e. The van der Waals surface area contributed by atoms with E-state index >= 15 is 0 Å². The van der Waals surface area contributed by atoms with E-state index in [9.17, 15) is 14.4 Å². The Morgan fingerprint density at radius 3 is 2.65 bits per heavy atom. The molecule has 1 aromatic heterocycles. The molecule has 0 spiro atoms. The normalized spacial score (nSPS) is 13.9. The van der Waals surface area contributed by atoms with Crippen molar-refractivity contribution >= 4 is 17.4 Å². The lowest BCUT2D eigenvalue weighted by Crippen LogP contribution is -2.41. The fraction of sp³-hybridized carbons (Fsp3) is 0.267. The molecule has 4 N–H and O–H groups in total.